The number of esters is 1. The van der Waals surface area contributed by atoms with Gasteiger partial charge >= 0.3 is 5.97 Å². The Bertz CT molecular complexity index is 1280. The quantitative estimate of drug-likeness (QED) is 0.272. The number of fused-ring (bicyclic) bond motifs is 2. The molecule has 0 aliphatic rings. The van der Waals surface area contributed by atoms with E-state index in [-0.39, 0.29) is 5.97 Å². The SMILES string of the molecule is O=C(CCc1ccccc1)OC(c1cccc2ccccc12)c1cccc2ccccc12. The van der Waals surface area contributed by atoms with Gasteiger partial charge in [-0.15, -0.1) is 0 Å². The van der Waals surface area contributed by atoms with Crippen molar-refractivity contribution in [3.05, 3.63) is 132 Å². The number of rotatable bonds is 6. The lowest BCUT2D eigenvalue weighted by Gasteiger charge is -2.22. The molecule has 5 aromatic rings. The van der Waals surface area contributed by atoms with Crippen molar-refractivity contribution in [3.63, 3.8) is 0 Å². The second-order valence-electron chi connectivity index (χ2n) is 7.99. The Morgan fingerprint density at radius 3 is 1.69 bits per heavy atom. The largest absolute Gasteiger partial charge is 0.452 e. The lowest BCUT2D eigenvalue weighted by molar-refractivity contribution is -0.147. The number of benzene rings is 5. The number of aryl methyl sites for hydroxylation is 1. The van der Waals surface area contributed by atoms with Gasteiger partial charge in [0.25, 0.3) is 0 Å². The number of carbonyl (C=O) groups is 1. The van der Waals surface area contributed by atoms with E-state index in [0.29, 0.717) is 12.8 Å². The summed E-state index contributed by atoms with van der Waals surface area (Å²) in [6, 6.07) is 39.0. The summed E-state index contributed by atoms with van der Waals surface area (Å²) in [7, 11) is 0. The molecular formula is C30H24O2. The van der Waals surface area contributed by atoms with E-state index in [1.807, 2.05) is 66.7 Å². The summed E-state index contributed by atoms with van der Waals surface area (Å²) in [6.45, 7) is 0. The van der Waals surface area contributed by atoms with E-state index in [0.717, 1.165) is 38.2 Å². The van der Waals surface area contributed by atoms with Gasteiger partial charge in [-0.25, -0.2) is 0 Å². The molecule has 0 unspecified atom stereocenters. The van der Waals surface area contributed by atoms with Crippen molar-refractivity contribution in [3.8, 4) is 0 Å². The van der Waals surface area contributed by atoms with Gasteiger partial charge in [-0.3, -0.25) is 4.79 Å². The molecule has 2 heteroatoms. The maximum Gasteiger partial charge on any atom is 0.307 e. The minimum Gasteiger partial charge on any atom is -0.452 e. The van der Waals surface area contributed by atoms with Crippen LogP contribution < -0.4 is 0 Å². The minimum atomic E-state index is -0.476. The van der Waals surface area contributed by atoms with E-state index < -0.39 is 6.10 Å². The van der Waals surface area contributed by atoms with Crippen LogP contribution in [-0.2, 0) is 16.0 Å². The highest BCUT2D eigenvalue weighted by molar-refractivity contribution is 5.90. The summed E-state index contributed by atoms with van der Waals surface area (Å²) < 4.78 is 6.22. The Balaban J connectivity index is 1.55. The monoisotopic (exact) mass is 416 g/mol. The standard InChI is InChI=1S/C30H24O2/c31-29(21-20-22-10-2-1-3-11-22)32-30(27-18-8-14-23-12-4-6-16-25(23)27)28-19-9-15-24-13-5-7-17-26(24)28/h1-19,30H,20-21H2. The predicted molar refractivity (Wildman–Crippen MR) is 131 cm³/mol. The number of hydrogen-bond donors (Lipinski definition) is 0. The van der Waals surface area contributed by atoms with E-state index >= 15 is 0 Å². The zero-order chi connectivity index (χ0) is 21.8. The third-order valence-corrected chi connectivity index (χ3v) is 5.92. The molecule has 0 N–H and O–H groups in total. The molecule has 0 aliphatic carbocycles. The Morgan fingerprint density at radius 1 is 0.594 bits per heavy atom. The lowest BCUT2D eigenvalue weighted by atomic mass is 9.92. The molecule has 32 heavy (non-hydrogen) atoms. The summed E-state index contributed by atoms with van der Waals surface area (Å²) in [5.74, 6) is -0.195. The second-order valence-corrected chi connectivity index (χ2v) is 7.99. The smallest absolute Gasteiger partial charge is 0.307 e. The fraction of sp³-hybridized carbons (Fsp3) is 0.100. The average Bonchev–Trinajstić information content (AvgIpc) is 2.86. The van der Waals surface area contributed by atoms with Gasteiger partial charge in [0.15, 0.2) is 6.10 Å². The summed E-state index contributed by atoms with van der Waals surface area (Å²) >= 11 is 0. The highest BCUT2D eigenvalue weighted by Gasteiger charge is 2.23. The Morgan fingerprint density at radius 2 is 1.09 bits per heavy atom. The maximum atomic E-state index is 13.0. The second kappa shape index (κ2) is 9.07. The van der Waals surface area contributed by atoms with Gasteiger partial charge in [-0.2, -0.15) is 0 Å². The first-order valence-electron chi connectivity index (χ1n) is 11.0. The van der Waals surface area contributed by atoms with Crippen LogP contribution in [0.3, 0.4) is 0 Å². The van der Waals surface area contributed by atoms with Gasteiger partial charge in [0, 0.05) is 17.5 Å². The van der Waals surface area contributed by atoms with E-state index in [4.69, 9.17) is 4.74 Å². The van der Waals surface area contributed by atoms with E-state index in [1.54, 1.807) is 0 Å². The topological polar surface area (TPSA) is 26.3 Å². The zero-order valence-electron chi connectivity index (χ0n) is 17.8. The number of hydrogen-bond acceptors (Lipinski definition) is 2. The van der Waals surface area contributed by atoms with Crippen LogP contribution in [0.4, 0.5) is 0 Å². The molecule has 0 aromatic heterocycles. The molecule has 0 fully saturated rings. The minimum absolute atomic E-state index is 0.195. The van der Waals surface area contributed by atoms with Gasteiger partial charge in [0.1, 0.15) is 0 Å². The molecule has 0 amide bonds. The molecule has 0 aliphatic heterocycles. The fourth-order valence-electron chi connectivity index (χ4n) is 4.33. The molecule has 0 bridgehead atoms. The van der Waals surface area contributed by atoms with Crippen molar-refractivity contribution < 1.29 is 9.53 Å². The molecule has 0 saturated carbocycles. The summed E-state index contributed by atoms with van der Waals surface area (Å²) in [5, 5.41) is 4.47. The van der Waals surface area contributed by atoms with Crippen molar-refractivity contribution in [2.24, 2.45) is 0 Å². The molecule has 2 nitrogen and oxygen atoms in total. The molecular weight excluding hydrogens is 392 g/mol. The molecule has 0 heterocycles. The van der Waals surface area contributed by atoms with Crippen LogP contribution in [-0.4, -0.2) is 5.97 Å². The van der Waals surface area contributed by atoms with Gasteiger partial charge in [-0.1, -0.05) is 115 Å². The van der Waals surface area contributed by atoms with Crippen molar-refractivity contribution in [1.82, 2.24) is 0 Å². The fourth-order valence-corrected chi connectivity index (χ4v) is 4.33. The van der Waals surface area contributed by atoms with Crippen LogP contribution in [0.15, 0.2) is 115 Å². The van der Waals surface area contributed by atoms with Crippen LogP contribution in [0.2, 0.25) is 0 Å². The van der Waals surface area contributed by atoms with Crippen molar-refractivity contribution in [1.29, 1.82) is 0 Å². The van der Waals surface area contributed by atoms with Crippen molar-refractivity contribution >= 4 is 27.5 Å². The maximum absolute atomic E-state index is 13.0. The highest BCUT2D eigenvalue weighted by atomic mass is 16.5. The third-order valence-electron chi connectivity index (χ3n) is 5.92. The lowest BCUT2D eigenvalue weighted by Crippen LogP contribution is -2.14. The van der Waals surface area contributed by atoms with Gasteiger partial charge in [0.05, 0.1) is 0 Å². The molecule has 0 saturated heterocycles. The van der Waals surface area contributed by atoms with E-state index in [2.05, 4.69) is 48.5 Å². The van der Waals surface area contributed by atoms with Crippen LogP contribution in [0.5, 0.6) is 0 Å². The van der Waals surface area contributed by atoms with Crippen LogP contribution in [0.25, 0.3) is 21.5 Å². The first-order chi connectivity index (χ1) is 15.8. The molecule has 0 radical (unpaired) electrons. The van der Waals surface area contributed by atoms with Crippen LogP contribution >= 0.6 is 0 Å². The first kappa shape index (κ1) is 20.0. The van der Waals surface area contributed by atoms with Crippen molar-refractivity contribution in [2.45, 2.75) is 18.9 Å². The van der Waals surface area contributed by atoms with Gasteiger partial charge < -0.3 is 4.74 Å². The zero-order valence-corrected chi connectivity index (χ0v) is 17.8. The Labute approximate surface area is 188 Å². The summed E-state index contributed by atoms with van der Waals surface area (Å²) in [6.07, 6.45) is 0.531. The van der Waals surface area contributed by atoms with Gasteiger partial charge in [0.2, 0.25) is 0 Å². The van der Waals surface area contributed by atoms with Crippen molar-refractivity contribution in [2.75, 3.05) is 0 Å². The van der Waals surface area contributed by atoms with E-state index in [1.165, 1.54) is 0 Å². The van der Waals surface area contributed by atoms with Crippen LogP contribution in [0, 0.1) is 0 Å². The molecule has 5 aromatic carbocycles. The predicted octanol–water partition coefficient (Wildman–Crippen LogP) is 7.26. The molecule has 0 spiro atoms. The first-order valence-corrected chi connectivity index (χ1v) is 11.0. The average molecular weight is 417 g/mol. The summed E-state index contributed by atoms with van der Waals surface area (Å²) in [5.41, 5.74) is 3.15. The normalized spacial score (nSPS) is 11.2. The Kier molecular flexibility index (Phi) is 5.67. The molecule has 5 rings (SSSR count). The van der Waals surface area contributed by atoms with Crippen LogP contribution in [0.1, 0.15) is 29.2 Å². The molecule has 0 atom stereocenters. The van der Waals surface area contributed by atoms with E-state index in [9.17, 15) is 4.79 Å². The molecule has 156 valence electrons. The number of carbonyl (C=O) groups excluding carboxylic acids is 1. The highest BCUT2D eigenvalue weighted by Crippen LogP contribution is 2.36. The third kappa shape index (κ3) is 4.13. The summed E-state index contributed by atoms with van der Waals surface area (Å²) in [4.78, 5) is 13.0. The number of ether oxygens (including phenoxy) is 1. The Hall–Kier alpha value is -3.91. The van der Waals surface area contributed by atoms with Gasteiger partial charge in [-0.05, 0) is 33.5 Å².